The van der Waals surface area contributed by atoms with Crippen LogP contribution >= 0.6 is 0 Å². The van der Waals surface area contributed by atoms with Crippen molar-refractivity contribution in [2.45, 2.75) is 38.4 Å². The van der Waals surface area contributed by atoms with E-state index < -0.39 is 6.17 Å². The van der Waals surface area contributed by atoms with Crippen LogP contribution in [0.2, 0.25) is 0 Å². The molecule has 3 rings (SSSR count). The van der Waals surface area contributed by atoms with Gasteiger partial charge in [0.25, 0.3) is 0 Å². The molecule has 0 radical (unpaired) electrons. The highest BCUT2D eigenvalue weighted by Crippen LogP contribution is 2.29. The van der Waals surface area contributed by atoms with Crippen molar-refractivity contribution in [1.82, 2.24) is 0 Å². The maximum atomic E-state index is 13.7. The maximum Gasteiger partial charge on any atom is 0.120 e. The van der Waals surface area contributed by atoms with Crippen molar-refractivity contribution in [3.63, 3.8) is 0 Å². The number of rotatable bonds is 4. The highest BCUT2D eigenvalue weighted by atomic mass is 19.1. The summed E-state index contributed by atoms with van der Waals surface area (Å²) in [5, 5.41) is 8.91. The maximum absolute atomic E-state index is 13.7. The topological polar surface area (TPSA) is 27.0 Å². The Morgan fingerprint density at radius 1 is 1.17 bits per heavy atom. The molecule has 1 saturated heterocycles. The zero-order valence-electron chi connectivity index (χ0n) is 13.4. The SMILES string of the molecule is Cc1ccccc1Cc1ccc(N2C[C@@H](F)CC2CC#N)cc1. The van der Waals surface area contributed by atoms with E-state index in [1.165, 1.54) is 16.7 Å². The van der Waals surface area contributed by atoms with E-state index in [0.717, 1.165) is 12.1 Å². The van der Waals surface area contributed by atoms with Crippen molar-refractivity contribution in [3.8, 4) is 6.07 Å². The van der Waals surface area contributed by atoms with Gasteiger partial charge in [0.15, 0.2) is 0 Å². The third-order valence-corrected chi connectivity index (χ3v) is 4.61. The Morgan fingerprint density at radius 3 is 2.61 bits per heavy atom. The van der Waals surface area contributed by atoms with Crippen LogP contribution in [0.15, 0.2) is 48.5 Å². The van der Waals surface area contributed by atoms with Gasteiger partial charge in [-0.15, -0.1) is 0 Å². The number of aryl methyl sites for hydroxylation is 1. The molecule has 1 heterocycles. The van der Waals surface area contributed by atoms with Crippen molar-refractivity contribution in [1.29, 1.82) is 5.26 Å². The summed E-state index contributed by atoms with van der Waals surface area (Å²) in [6, 6.07) is 18.9. The van der Waals surface area contributed by atoms with Crippen molar-refractivity contribution >= 4 is 5.69 Å². The standard InChI is InChI=1S/C20H21FN2/c1-15-4-2-3-5-17(15)12-16-6-8-19(9-7-16)23-14-18(21)13-20(23)10-11-22/h2-9,18,20H,10,12-14H2,1H3/t18-,20?/m0/s1. The lowest BCUT2D eigenvalue weighted by Gasteiger charge is -2.24. The molecule has 1 aliphatic heterocycles. The highest BCUT2D eigenvalue weighted by molar-refractivity contribution is 5.51. The molecule has 1 aliphatic rings. The summed E-state index contributed by atoms with van der Waals surface area (Å²) in [4.78, 5) is 2.03. The average molecular weight is 308 g/mol. The van der Waals surface area contributed by atoms with Gasteiger partial charge in [-0.05, 0) is 42.2 Å². The van der Waals surface area contributed by atoms with Gasteiger partial charge < -0.3 is 4.90 Å². The first-order valence-corrected chi connectivity index (χ1v) is 8.08. The average Bonchev–Trinajstić information content (AvgIpc) is 2.91. The molecule has 118 valence electrons. The fraction of sp³-hybridized carbons (Fsp3) is 0.350. The van der Waals surface area contributed by atoms with Crippen molar-refractivity contribution in [3.05, 3.63) is 65.2 Å². The first-order chi connectivity index (χ1) is 11.2. The number of anilines is 1. The molecular formula is C20H21FN2. The van der Waals surface area contributed by atoms with Crippen LogP contribution in [0.4, 0.5) is 10.1 Å². The molecule has 2 nitrogen and oxygen atoms in total. The number of benzene rings is 2. The minimum atomic E-state index is -0.833. The molecule has 0 aromatic heterocycles. The van der Waals surface area contributed by atoms with Gasteiger partial charge in [0.1, 0.15) is 6.17 Å². The molecule has 1 unspecified atom stereocenters. The summed E-state index contributed by atoms with van der Waals surface area (Å²) in [6.45, 7) is 2.52. The minimum Gasteiger partial charge on any atom is -0.364 e. The van der Waals surface area contributed by atoms with Gasteiger partial charge >= 0.3 is 0 Å². The molecule has 0 bridgehead atoms. The fourth-order valence-corrected chi connectivity index (χ4v) is 3.31. The largest absolute Gasteiger partial charge is 0.364 e. The molecule has 2 aromatic carbocycles. The summed E-state index contributed by atoms with van der Waals surface area (Å²) >= 11 is 0. The van der Waals surface area contributed by atoms with Crippen LogP contribution < -0.4 is 4.90 Å². The van der Waals surface area contributed by atoms with E-state index in [9.17, 15) is 4.39 Å². The number of nitriles is 1. The van der Waals surface area contributed by atoms with Gasteiger partial charge in [-0.2, -0.15) is 5.26 Å². The van der Waals surface area contributed by atoms with Crippen LogP contribution in [0, 0.1) is 18.3 Å². The smallest absolute Gasteiger partial charge is 0.120 e. The molecule has 23 heavy (non-hydrogen) atoms. The first-order valence-electron chi connectivity index (χ1n) is 8.08. The molecule has 0 saturated carbocycles. The number of alkyl halides is 1. The zero-order chi connectivity index (χ0) is 16.2. The monoisotopic (exact) mass is 308 g/mol. The van der Waals surface area contributed by atoms with Gasteiger partial charge in [-0.3, -0.25) is 0 Å². The minimum absolute atomic E-state index is 0.00258. The fourth-order valence-electron chi connectivity index (χ4n) is 3.31. The van der Waals surface area contributed by atoms with E-state index >= 15 is 0 Å². The molecule has 0 amide bonds. The quantitative estimate of drug-likeness (QED) is 0.836. The van der Waals surface area contributed by atoms with Gasteiger partial charge in [0.2, 0.25) is 0 Å². The number of halogens is 1. The lowest BCUT2D eigenvalue weighted by molar-refractivity contribution is 0.356. The Kier molecular flexibility index (Phi) is 4.62. The Morgan fingerprint density at radius 2 is 1.91 bits per heavy atom. The third kappa shape index (κ3) is 3.53. The molecule has 0 N–H and O–H groups in total. The Balaban J connectivity index is 1.74. The lowest BCUT2D eigenvalue weighted by Crippen LogP contribution is -2.29. The van der Waals surface area contributed by atoms with E-state index in [0.29, 0.717) is 19.4 Å². The molecule has 0 spiro atoms. The van der Waals surface area contributed by atoms with Crippen LogP contribution in [0.1, 0.15) is 29.5 Å². The predicted octanol–water partition coefficient (Wildman–Crippen LogP) is 4.42. The second kappa shape index (κ2) is 6.83. The molecule has 3 heteroatoms. The van der Waals surface area contributed by atoms with E-state index in [1.54, 1.807) is 0 Å². The second-order valence-corrected chi connectivity index (χ2v) is 6.27. The molecular weight excluding hydrogens is 287 g/mol. The summed E-state index contributed by atoms with van der Waals surface area (Å²) in [5.41, 5.74) is 4.88. The van der Waals surface area contributed by atoms with E-state index in [4.69, 9.17) is 5.26 Å². The summed E-state index contributed by atoms with van der Waals surface area (Å²) in [6.07, 6.45) is 0.907. The number of nitrogens with zero attached hydrogens (tertiary/aromatic N) is 2. The Bertz CT molecular complexity index is 702. The van der Waals surface area contributed by atoms with Crippen molar-refractivity contribution < 1.29 is 4.39 Å². The molecule has 1 fully saturated rings. The lowest BCUT2D eigenvalue weighted by atomic mass is 10.0. The van der Waals surface area contributed by atoms with Crippen molar-refractivity contribution in [2.75, 3.05) is 11.4 Å². The van der Waals surface area contributed by atoms with Gasteiger partial charge in [-0.1, -0.05) is 36.4 Å². The van der Waals surface area contributed by atoms with Crippen LogP contribution in [0.3, 0.4) is 0 Å². The van der Waals surface area contributed by atoms with Crippen LogP contribution in [0.5, 0.6) is 0 Å². The number of hydrogen-bond donors (Lipinski definition) is 0. The van der Waals surface area contributed by atoms with E-state index in [1.807, 2.05) is 4.90 Å². The van der Waals surface area contributed by atoms with Gasteiger partial charge in [0, 0.05) is 24.7 Å². The molecule has 2 atom stereocenters. The normalized spacial score (nSPS) is 20.5. The molecule has 0 aliphatic carbocycles. The summed E-state index contributed by atoms with van der Waals surface area (Å²) in [5.74, 6) is 0. The van der Waals surface area contributed by atoms with E-state index in [-0.39, 0.29) is 6.04 Å². The number of hydrogen-bond acceptors (Lipinski definition) is 2. The first kappa shape index (κ1) is 15.6. The second-order valence-electron chi connectivity index (χ2n) is 6.27. The van der Waals surface area contributed by atoms with Crippen LogP contribution in [0.25, 0.3) is 0 Å². The summed E-state index contributed by atoms with van der Waals surface area (Å²) in [7, 11) is 0. The third-order valence-electron chi connectivity index (χ3n) is 4.61. The molecule has 2 aromatic rings. The zero-order valence-corrected chi connectivity index (χ0v) is 13.4. The summed E-state index contributed by atoms with van der Waals surface area (Å²) < 4.78 is 13.7. The van der Waals surface area contributed by atoms with Crippen molar-refractivity contribution in [2.24, 2.45) is 0 Å². The Labute approximate surface area is 137 Å². The van der Waals surface area contributed by atoms with Crippen LogP contribution in [-0.2, 0) is 6.42 Å². The van der Waals surface area contributed by atoms with E-state index in [2.05, 4.69) is 61.5 Å². The predicted molar refractivity (Wildman–Crippen MR) is 91.3 cm³/mol. The van der Waals surface area contributed by atoms with Gasteiger partial charge in [0.05, 0.1) is 12.5 Å². The highest BCUT2D eigenvalue weighted by Gasteiger charge is 2.31. The van der Waals surface area contributed by atoms with Gasteiger partial charge in [-0.25, -0.2) is 4.39 Å². The Hall–Kier alpha value is -2.34. The van der Waals surface area contributed by atoms with Crippen LogP contribution in [-0.4, -0.2) is 18.8 Å².